The molecule has 1 aliphatic heterocycles. The van der Waals surface area contributed by atoms with Crippen LogP contribution < -0.4 is 0 Å². The Kier molecular flexibility index (Phi) is 5.10. The average Bonchev–Trinajstić information content (AvgIpc) is 3.11. The van der Waals surface area contributed by atoms with E-state index < -0.39 is 0 Å². The molecule has 7 heteroatoms. The second-order valence-corrected chi connectivity index (χ2v) is 9.02. The van der Waals surface area contributed by atoms with E-state index in [1.165, 1.54) is 6.07 Å². The SMILES string of the molecule is CC1CN(C(=O)c2cc(-c3ccccc3F)n3nc(C(C)(C)C)cc3n2)CC(C)O1. The lowest BCUT2D eigenvalue weighted by Gasteiger charge is -2.35. The van der Waals surface area contributed by atoms with Gasteiger partial charge in [-0.15, -0.1) is 0 Å². The number of benzene rings is 1. The molecule has 2 aromatic heterocycles. The number of morpholine rings is 1. The van der Waals surface area contributed by atoms with Gasteiger partial charge in [-0.2, -0.15) is 5.10 Å². The fourth-order valence-corrected chi connectivity index (χ4v) is 3.82. The molecule has 0 saturated carbocycles. The molecule has 1 saturated heterocycles. The molecule has 30 heavy (non-hydrogen) atoms. The molecule has 0 N–H and O–H groups in total. The van der Waals surface area contributed by atoms with Gasteiger partial charge >= 0.3 is 0 Å². The van der Waals surface area contributed by atoms with Crippen molar-refractivity contribution in [1.82, 2.24) is 19.5 Å². The van der Waals surface area contributed by atoms with Gasteiger partial charge in [0, 0.05) is 30.1 Å². The van der Waals surface area contributed by atoms with Gasteiger partial charge < -0.3 is 9.64 Å². The lowest BCUT2D eigenvalue weighted by atomic mass is 9.93. The van der Waals surface area contributed by atoms with Gasteiger partial charge in [0.15, 0.2) is 5.65 Å². The van der Waals surface area contributed by atoms with Gasteiger partial charge in [-0.05, 0) is 32.0 Å². The van der Waals surface area contributed by atoms with Gasteiger partial charge in [0.25, 0.3) is 5.91 Å². The van der Waals surface area contributed by atoms with Crippen LogP contribution in [0.2, 0.25) is 0 Å². The van der Waals surface area contributed by atoms with E-state index in [1.54, 1.807) is 33.7 Å². The molecule has 1 aliphatic rings. The maximum Gasteiger partial charge on any atom is 0.272 e. The lowest BCUT2D eigenvalue weighted by molar-refractivity contribution is -0.0587. The number of carbonyl (C=O) groups is 1. The molecular weight excluding hydrogens is 383 g/mol. The monoisotopic (exact) mass is 410 g/mol. The summed E-state index contributed by atoms with van der Waals surface area (Å²) in [4.78, 5) is 19.6. The van der Waals surface area contributed by atoms with Gasteiger partial charge in [0.1, 0.15) is 11.5 Å². The van der Waals surface area contributed by atoms with E-state index in [0.717, 1.165) is 5.69 Å². The predicted octanol–water partition coefficient (Wildman–Crippen LogP) is 4.08. The van der Waals surface area contributed by atoms with Crippen molar-refractivity contribution >= 4 is 11.6 Å². The number of rotatable bonds is 2. The van der Waals surface area contributed by atoms with Crippen LogP contribution in [0.25, 0.3) is 16.9 Å². The highest BCUT2D eigenvalue weighted by Gasteiger charge is 2.29. The fourth-order valence-electron chi connectivity index (χ4n) is 3.82. The molecule has 2 unspecified atom stereocenters. The van der Waals surface area contributed by atoms with E-state index in [-0.39, 0.29) is 35.0 Å². The topological polar surface area (TPSA) is 59.7 Å². The summed E-state index contributed by atoms with van der Waals surface area (Å²) >= 11 is 0. The van der Waals surface area contributed by atoms with Crippen LogP contribution in [0.1, 0.15) is 50.8 Å². The quantitative estimate of drug-likeness (QED) is 0.639. The summed E-state index contributed by atoms with van der Waals surface area (Å²) in [6.45, 7) is 11.1. The van der Waals surface area contributed by atoms with Crippen LogP contribution in [0.5, 0.6) is 0 Å². The third kappa shape index (κ3) is 3.81. The van der Waals surface area contributed by atoms with Gasteiger partial charge in [-0.1, -0.05) is 32.9 Å². The van der Waals surface area contributed by atoms with Gasteiger partial charge in [0.2, 0.25) is 0 Å². The Morgan fingerprint density at radius 3 is 2.43 bits per heavy atom. The van der Waals surface area contributed by atoms with Crippen molar-refractivity contribution in [1.29, 1.82) is 0 Å². The van der Waals surface area contributed by atoms with Crippen LogP contribution in [0.15, 0.2) is 36.4 Å². The predicted molar refractivity (Wildman–Crippen MR) is 113 cm³/mol. The first kappa shape index (κ1) is 20.5. The Labute approximate surface area is 175 Å². The van der Waals surface area contributed by atoms with Crippen molar-refractivity contribution in [2.75, 3.05) is 13.1 Å². The van der Waals surface area contributed by atoms with E-state index in [1.807, 2.05) is 19.9 Å². The fraction of sp³-hybridized carbons (Fsp3) is 0.435. The van der Waals surface area contributed by atoms with E-state index in [0.29, 0.717) is 30.0 Å². The number of ether oxygens (including phenoxy) is 1. The number of amides is 1. The molecule has 1 amide bonds. The van der Waals surface area contributed by atoms with Crippen LogP contribution in [-0.4, -0.2) is 50.7 Å². The Morgan fingerprint density at radius 1 is 1.13 bits per heavy atom. The molecule has 2 atom stereocenters. The van der Waals surface area contributed by atoms with Gasteiger partial charge in [-0.3, -0.25) is 4.79 Å². The van der Waals surface area contributed by atoms with Crippen molar-refractivity contribution in [3.8, 4) is 11.3 Å². The first-order chi connectivity index (χ1) is 14.1. The second kappa shape index (κ2) is 7.47. The standard InChI is InChI=1S/C23H27FN4O2/c1-14-12-27(13-15(2)30-14)22(29)18-10-19(16-8-6-7-9-17(16)24)28-21(25-18)11-20(26-28)23(3,4)5/h6-11,14-15H,12-13H2,1-5H3. The van der Waals surface area contributed by atoms with Crippen molar-refractivity contribution in [3.05, 3.63) is 53.6 Å². The molecule has 3 heterocycles. The van der Waals surface area contributed by atoms with E-state index >= 15 is 0 Å². The summed E-state index contributed by atoms with van der Waals surface area (Å²) in [6.07, 6.45) is -0.0927. The molecule has 3 aromatic rings. The number of carbonyl (C=O) groups excluding carboxylic acids is 1. The Morgan fingerprint density at radius 2 is 1.80 bits per heavy atom. The number of hydrogen-bond acceptors (Lipinski definition) is 4. The molecular formula is C23H27FN4O2. The lowest BCUT2D eigenvalue weighted by Crippen LogP contribution is -2.48. The third-order valence-electron chi connectivity index (χ3n) is 5.27. The Bertz CT molecular complexity index is 1090. The number of halogens is 1. The van der Waals surface area contributed by atoms with Gasteiger partial charge in [-0.25, -0.2) is 13.9 Å². The summed E-state index contributed by atoms with van der Waals surface area (Å²) in [5.41, 5.74) is 2.31. The van der Waals surface area contributed by atoms with Crippen LogP contribution in [0.4, 0.5) is 4.39 Å². The molecule has 6 nitrogen and oxygen atoms in total. The van der Waals surface area contributed by atoms with E-state index in [9.17, 15) is 9.18 Å². The zero-order valence-corrected chi connectivity index (χ0v) is 18.0. The second-order valence-electron chi connectivity index (χ2n) is 9.02. The summed E-state index contributed by atoms with van der Waals surface area (Å²) in [5, 5.41) is 4.68. The summed E-state index contributed by atoms with van der Waals surface area (Å²) < 4.78 is 22.0. The van der Waals surface area contributed by atoms with Crippen molar-refractivity contribution in [2.24, 2.45) is 0 Å². The number of nitrogens with zero attached hydrogens (tertiary/aromatic N) is 4. The van der Waals surface area contributed by atoms with Gasteiger partial charge in [0.05, 0.1) is 23.6 Å². The normalized spacial score (nSPS) is 20.0. The molecule has 158 valence electrons. The average molecular weight is 410 g/mol. The van der Waals surface area contributed by atoms with E-state index in [2.05, 4.69) is 30.9 Å². The first-order valence-electron chi connectivity index (χ1n) is 10.2. The zero-order chi connectivity index (χ0) is 21.6. The maximum absolute atomic E-state index is 14.7. The molecule has 0 radical (unpaired) electrons. The Hall–Kier alpha value is -2.80. The molecule has 1 fully saturated rings. The van der Waals surface area contributed by atoms with Crippen molar-refractivity contribution in [3.63, 3.8) is 0 Å². The highest BCUT2D eigenvalue weighted by molar-refractivity contribution is 5.94. The third-order valence-corrected chi connectivity index (χ3v) is 5.27. The number of fused-ring (bicyclic) bond motifs is 1. The minimum Gasteiger partial charge on any atom is -0.372 e. The first-order valence-corrected chi connectivity index (χ1v) is 10.2. The smallest absolute Gasteiger partial charge is 0.272 e. The van der Waals surface area contributed by atoms with Crippen LogP contribution >= 0.6 is 0 Å². The van der Waals surface area contributed by atoms with Crippen molar-refractivity contribution in [2.45, 2.75) is 52.2 Å². The van der Waals surface area contributed by atoms with E-state index in [4.69, 9.17) is 4.74 Å². The minimum atomic E-state index is -0.371. The van der Waals surface area contributed by atoms with Crippen LogP contribution in [0, 0.1) is 5.82 Å². The summed E-state index contributed by atoms with van der Waals surface area (Å²) in [5.74, 6) is -0.555. The highest BCUT2D eigenvalue weighted by atomic mass is 19.1. The number of hydrogen-bond donors (Lipinski definition) is 0. The minimum absolute atomic E-state index is 0.0464. The molecule has 0 aliphatic carbocycles. The Balaban J connectivity index is 1.87. The summed E-state index contributed by atoms with van der Waals surface area (Å²) in [7, 11) is 0. The molecule has 0 spiro atoms. The molecule has 0 bridgehead atoms. The molecule has 4 rings (SSSR count). The zero-order valence-electron chi connectivity index (χ0n) is 18.0. The number of aromatic nitrogens is 3. The summed E-state index contributed by atoms with van der Waals surface area (Å²) in [6, 6.07) is 10.0. The highest BCUT2D eigenvalue weighted by Crippen LogP contribution is 2.28. The maximum atomic E-state index is 14.7. The largest absolute Gasteiger partial charge is 0.372 e. The van der Waals surface area contributed by atoms with Crippen molar-refractivity contribution < 1.29 is 13.9 Å². The molecule has 1 aromatic carbocycles. The van der Waals surface area contributed by atoms with Crippen LogP contribution in [0.3, 0.4) is 0 Å². The van der Waals surface area contributed by atoms with Crippen LogP contribution in [-0.2, 0) is 10.2 Å².